The van der Waals surface area contributed by atoms with Crippen LogP contribution in [-0.2, 0) is 4.79 Å². The van der Waals surface area contributed by atoms with Gasteiger partial charge in [-0.2, -0.15) is 0 Å². The standard InChI is InChI=1S/C5H12N2O2.2ClH/c1-5(2,7)3(6)4(8)9;;/h3H,6-7H2,1-2H3,(H,8,9);2*1H. The summed E-state index contributed by atoms with van der Waals surface area (Å²) >= 11 is 0. The summed E-state index contributed by atoms with van der Waals surface area (Å²) < 4.78 is 0. The summed E-state index contributed by atoms with van der Waals surface area (Å²) in [5, 5.41) is 8.31. The normalized spacial score (nSPS) is 12.4. The molecule has 0 aliphatic heterocycles. The highest BCUT2D eigenvalue weighted by Gasteiger charge is 2.27. The van der Waals surface area contributed by atoms with Crippen molar-refractivity contribution >= 4 is 30.8 Å². The van der Waals surface area contributed by atoms with Crippen molar-refractivity contribution in [2.24, 2.45) is 11.5 Å². The summed E-state index contributed by atoms with van der Waals surface area (Å²) in [6.07, 6.45) is 0. The van der Waals surface area contributed by atoms with Crippen LogP contribution in [0.5, 0.6) is 0 Å². The summed E-state index contributed by atoms with van der Waals surface area (Å²) in [6.45, 7) is 3.15. The number of aliphatic carboxylic acids is 1. The van der Waals surface area contributed by atoms with Crippen LogP contribution in [0.15, 0.2) is 0 Å². The van der Waals surface area contributed by atoms with Gasteiger partial charge in [-0.3, -0.25) is 4.79 Å². The molecule has 70 valence electrons. The molecule has 5 N–H and O–H groups in total. The van der Waals surface area contributed by atoms with E-state index in [9.17, 15) is 4.79 Å². The van der Waals surface area contributed by atoms with Crippen molar-refractivity contribution in [2.45, 2.75) is 25.4 Å². The highest BCUT2D eigenvalue weighted by Crippen LogP contribution is 2.00. The van der Waals surface area contributed by atoms with Gasteiger partial charge >= 0.3 is 5.97 Å². The Morgan fingerprint density at radius 2 is 1.73 bits per heavy atom. The summed E-state index contributed by atoms with van der Waals surface area (Å²) in [5.74, 6) is -1.07. The Morgan fingerprint density at radius 1 is 1.45 bits per heavy atom. The molecule has 0 aromatic heterocycles. The number of carbonyl (C=O) groups is 1. The topological polar surface area (TPSA) is 89.3 Å². The second-order valence-corrected chi connectivity index (χ2v) is 2.64. The third kappa shape index (κ3) is 6.37. The van der Waals surface area contributed by atoms with E-state index in [1.807, 2.05) is 0 Å². The van der Waals surface area contributed by atoms with Gasteiger partial charge in [-0.1, -0.05) is 0 Å². The molecule has 0 spiro atoms. The molecular formula is C5H14Cl2N2O2. The Bertz CT molecular complexity index is 124. The molecule has 11 heavy (non-hydrogen) atoms. The van der Waals surface area contributed by atoms with Gasteiger partial charge in [0.1, 0.15) is 6.04 Å². The van der Waals surface area contributed by atoms with Gasteiger partial charge < -0.3 is 16.6 Å². The van der Waals surface area contributed by atoms with E-state index in [2.05, 4.69) is 0 Å². The molecule has 0 amide bonds. The minimum Gasteiger partial charge on any atom is -0.480 e. The molecule has 1 atom stereocenters. The Kier molecular flexibility index (Phi) is 8.74. The Balaban J connectivity index is -0.000000320. The molecule has 0 fully saturated rings. The number of halogens is 2. The SMILES string of the molecule is CC(C)(N)C(N)C(=O)O.Cl.Cl. The fourth-order valence-electron chi connectivity index (χ4n) is 0.318. The zero-order chi connectivity index (χ0) is 7.65. The average molecular weight is 205 g/mol. The second kappa shape index (κ2) is 5.60. The highest BCUT2D eigenvalue weighted by atomic mass is 35.5. The minimum absolute atomic E-state index is 0. The lowest BCUT2D eigenvalue weighted by molar-refractivity contribution is -0.139. The van der Waals surface area contributed by atoms with E-state index in [1.54, 1.807) is 13.8 Å². The third-order valence-corrected chi connectivity index (χ3v) is 1.07. The number of carboxylic acid groups (broad SMARTS) is 1. The summed E-state index contributed by atoms with van der Waals surface area (Å²) in [7, 11) is 0. The van der Waals surface area contributed by atoms with Crippen LogP contribution < -0.4 is 11.5 Å². The molecule has 0 aromatic carbocycles. The van der Waals surface area contributed by atoms with E-state index in [1.165, 1.54) is 0 Å². The molecule has 0 aliphatic carbocycles. The number of hydrogen-bond donors (Lipinski definition) is 3. The average Bonchev–Trinajstić information content (AvgIpc) is 1.62. The number of nitrogens with two attached hydrogens (primary N) is 2. The van der Waals surface area contributed by atoms with E-state index in [0.717, 1.165) is 0 Å². The molecule has 0 aromatic rings. The van der Waals surface area contributed by atoms with Crippen molar-refractivity contribution < 1.29 is 9.90 Å². The van der Waals surface area contributed by atoms with Gasteiger partial charge in [0.2, 0.25) is 0 Å². The van der Waals surface area contributed by atoms with Crippen LogP contribution in [-0.4, -0.2) is 22.7 Å². The Labute approximate surface area is 78.1 Å². The largest absolute Gasteiger partial charge is 0.480 e. The summed E-state index contributed by atoms with van der Waals surface area (Å²) in [5.41, 5.74) is 9.70. The quantitative estimate of drug-likeness (QED) is 0.590. The lowest BCUT2D eigenvalue weighted by Gasteiger charge is -2.22. The van der Waals surface area contributed by atoms with Gasteiger partial charge in [-0.25, -0.2) is 0 Å². The van der Waals surface area contributed by atoms with Gasteiger partial charge in [0.15, 0.2) is 0 Å². The van der Waals surface area contributed by atoms with Crippen LogP contribution in [0.4, 0.5) is 0 Å². The zero-order valence-electron chi connectivity index (χ0n) is 6.40. The molecule has 0 aliphatic rings. The van der Waals surface area contributed by atoms with Crippen molar-refractivity contribution in [3.05, 3.63) is 0 Å². The van der Waals surface area contributed by atoms with Gasteiger partial charge in [0.05, 0.1) is 0 Å². The van der Waals surface area contributed by atoms with Crippen molar-refractivity contribution in [1.82, 2.24) is 0 Å². The van der Waals surface area contributed by atoms with Crippen LogP contribution in [0.1, 0.15) is 13.8 Å². The first-order chi connectivity index (χ1) is 3.85. The molecule has 6 heteroatoms. The number of rotatable bonds is 2. The first-order valence-electron chi connectivity index (χ1n) is 2.63. The van der Waals surface area contributed by atoms with E-state index in [-0.39, 0.29) is 24.8 Å². The van der Waals surface area contributed by atoms with Crippen LogP contribution in [0.25, 0.3) is 0 Å². The molecule has 0 saturated heterocycles. The van der Waals surface area contributed by atoms with Crippen molar-refractivity contribution in [2.75, 3.05) is 0 Å². The predicted octanol–water partition coefficient (Wildman–Crippen LogP) is -0.0208. The highest BCUT2D eigenvalue weighted by molar-refractivity contribution is 5.85. The van der Waals surface area contributed by atoms with Gasteiger partial charge in [-0.05, 0) is 13.8 Å². The third-order valence-electron chi connectivity index (χ3n) is 1.07. The van der Waals surface area contributed by atoms with Crippen LogP contribution in [0.2, 0.25) is 0 Å². The monoisotopic (exact) mass is 204 g/mol. The summed E-state index contributed by atoms with van der Waals surface area (Å²) in [4.78, 5) is 10.1. The van der Waals surface area contributed by atoms with E-state index >= 15 is 0 Å². The summed E-state index contributed by atoms with van der Waals surface area (Å²) in [6, 6.07) is -0.988. The molecule has 0 radical (unpaired) electrons. The first kappa shape index (κ1) is 17.2. The van der Waals surface area contributed by atoms with Gasteiger partial charge in [-0.15, -0.1) is 24.8 Å². The fraction of sp³-hybridized carbons (Fsp3) is 0.800. The fourth-order valence-corrected chi connectivity index (χ4v) is 0.318. The van der Waals surface area contributed by atoms with Crippen LogP contribution in [0.3, 0.4) is 0 Å². The smallest absolute Gasteiger partial charge is 0.322 e. The molecule has 0 saturated carbocycles. The molecule has 1 unspecified atom stereocenters. The lowest BCUT2D eigenvalue weighted by Crippen LogP contribution is -2.54. The van der Waals surface area contributed by atoms with Gasteiger partial charge in [0.25, 0.3) is 0 Å². The molecule has 4 nitrogen and oxygen atoms in total. The van der Waals surface area contributed by atoms with Crippen molar-refractivity contribution in [3.63, 3.8) is 0 Å². The van der Waals surface area contributed by atoms with Gasteiger partial charge in [0, 0.05) is 5.54 Å². The minimum atomic E-state index is -1.07. The zero-order valence-corrected chi connectivity index (χ0v) is 8.04. The number of hydrogen-bond acceptors (Lipinski definition) is 3. The predicted molar refractivity (Wildman–Crippen MR) is 48.4 cm³/mol. The molecule has 0 heterocycles. The van der Waals surface area contributed by atoms with Crippen LogP contribution >= 0.6 is 24.8 Å². The lowest BCUT2D eigenvalue weighted by atomic mass is 9.97. The van der Waals surface area contributed by atoms with Crippen molar-refractivity contribution in [3.8, 4) is 0 Å². The number of carboxylic acids is 1. The maximum atomic E-state index is 10.1. The Morgan fingerprint density at radius 3 is 1.73 bits per heavy atom. The van der Waals surface area contributed by atoms with E-state index < -0.39 is 17.6 Å². The molecule has 0 rings (SSSR count). The maximum absolute atomic E-state index is 10.1. The first-order valence-corrected chi connectivity index (χ1v) is 2.63. The second-order valence-electron chi connectivity index (χ2n) is 2.64. The van der Waals surface area contributed by atoms with E-state index in [0.29, 0.717) is 0 Å². The maximum Gasteiger partial charge on any atom is 0.322 e. The van der Waals surface area contributed by atoms with E-state index in [4.69, 9.17) is 16.6 Å². The Hall–Kier alpha value is -0.0300. The van der Waals surface area contributed by atoms with Crippen LogP contribution in [0, 0.1) is 0 Å². The molecule has 0 bridgehead atoms. The van der Waals surface area contributed by atoms with Crippen molar-refractivity contribution in [1.29, 1.82) is 0 Å². The molecular weight excluding hydrogens is 191 g/mol.